The molecule has 1 fully saturated rings. The molecule has 0 unspecified atom stereocenters. The highest BCUT2D eigenvalue weighted by Gasteiger charge is 2.23. The van der Waals surface area contributed by atoms with E-state index < -0.39 is 19.4 Å². The van der Waals surface area contributed by atoms with Crippen LogP contribution in [0.3, 0.4) is 0 Å². The van der Waals surface area contributed by atoms with Crippen molar-refractivity contribution in [3.8, 4) is 11.3 Å². The van der Waals surface area contributed by atoms with Gasteiger partial charge < -0.3 is 15.6 Å². The van der Waals surface area contributed by atoms with Crippen LogP contribution >= 0.6 is 0 Å². The zero-order valence-electron chi connectivity index (χ0n) is 19.0. The van der Waals surface area contributed by atoms with Gasteiger partial charge in [-0.15, -0.1) is 5.10 Å². The molecule has 0 atom stereocenters. The molecular weight excluding hydrogens is 466 g/mol. The van der Waals surface area contributed by atoms with Crippen molar-refractivity contribution in [3.63, 3.8) is 0 Å². The maximum atomic E-state index is 13.1. The maximum Gasteiger partial charge on any atom is 0.256 e. The van der Waals surface area contributed by atoms with Gasteiger partial charge in [-0.05, 0) is 38.0 Å². The lowest BCUT2D eigenvalue weighted by Gasteiger charge is -2.31. The van der Waals surface area contributed by atoms with Gasteiger partial charge in [-0.2, -0.15) is 4.98 Å². The summed E-state index contributed by atoms with van der Waals surface area (Å²) in [6, 6.07) is 5.35. The summed E-state index contributed by atoms with van der Waals surface area (Å²) >= 11 is 0. The highest BCUT2D eigenvalue weighted by atomic mass is 19.3. The van der Waals surface area contributed by atoms with E-state index in [0.29, 0.717) is 65.6 Å². The number of hydrogen-bond acceptors (Lipinski definition) is 7. The van der Waals surface area contributed by atoms with Gasteiger partial charge in [-0.3, -0.25) is 4.90 Å². The third-order valence-corrected chi connectivity index (χ3v) is 6.23. The lowest BCUT2D eigenvalue weighted by molar-refractivity contribution is 0.0769. The Morgan fingerprint density at radius 1 is 1.03 bits per heavy atom. The van der Waals surface area contributed by atoms with Crippen molar-refractivity contribution in [2.75, 3.05) is 30.7 Å². The van der Waals surface area contributed by atoms with Gasteiger partial charge in [-0.1, -0.05) is 0 Å². The third kappa shape index (κ3) is 4.72. The number of hydrogen-bond donors (Lipinski definition) is 2. The number of aryl methyl sites for hydroxylation is 1. The van der Waals surface area contributed by atoms with Crippen molar-refractivity contribution >= 4 is 28.4 Å². The molecule has 1 aliphatic rings. The number of nitrogens with two attached hydrogens (primary N) is 1. The molecule has 13 heteroatoms. The molecule has 0 bridgehead atoms. The number of halogens is 4. The molecule has 5 rings (SSSR count). The molecule has 186 valence electrons. The van der Waals surface area contributed by atoms with Crippen LogP contribution in [0.15, 0.2) is 24.4 Å². The number of aromatic nitrogens is 6. The van der Waals surface area contributed by atoms with E-state index in [0.717, 1.165) is 0 Å². The fraction of sp³-hybridized carbons (Fsp3) is 0.455. The van der Waals surface area contributed by atoms with Crippen molar-refractivity contribution in [3.05, 3.63) is 30.2 Å². The van der Waals surface area contributed by atoms with E-state index in [2.05, 4.69) is 25.4 Å². The van der Waals surface area contributed by atoms with Crippen molar-refractivity contribution in [1.29, 1.82) is 0 Å². The Kier molecular flexibility index (Phi) is 6.17. The second-order valence-electron chi connectivity index (χ2n) is 8.65. The van der Waals surface area contributed by atoms with Crippen LogP contribution in [0.1, 0.15) is 18.7 Å². The molecule has 0 spiro atoms. The number of alkyl halides is 4. The topological polar surface area (TPSA) is 102 Å². The van der Waals surface area contributed by atoms with Gasteiger partial charge in [0, 0.05) is 30.9 Å². The van der Waals surface area contributed by atoms with Gasteiger partial charge in [0.1, 0.15) is 16.9 Å². The second-order valence-corrected chi connectivity index (χ2v) is 8.65. The maximum absolute atomic E-state index is 13.1. The summed E-state index contributed by atoms with van der Waals surface area (Å²) in [6.07, 6.45) is -1.75. The lowest BCUT2D eigenvalue weighted by Crippen LogP contribution is -2.41. The van der Waals surface area contributed by atoms with Crippen LogP contribution in [0.25, 0.3) is 27.9 Å². The number of nitrogens with zero attached hydrogens (tertiary/aromatic N) is 7. The van der Waals surface area contributed by atoms with E-state index in [9.17, 15) is 17.6 Å². The van der Waals surface area contributed by atoms with Crippen LogP contribution in [-0.4, -0.2) is 72.6 Å². The standard InChI is InChI=1S/C22H25F4N9/c1-12-28-16-3-2-15(30-21(16)34(12)11-18(25)26)14-6-9-35-19(14)20(27)31-22(32-35)29-13-4-7-33(8-5-13)10-17(23)24/h2-3,6,9,13,17-18H,4-5,7-8,10-11H2,1H3,(H3,27,29,31,32). The lowest BCUT2D eigenvalue weighted by atomic mass is 10.1. The summed E-state index contributed by atoms with van der Waals surface area (Å²) in [6.45, 7) is 2.11. The molecule has 4 aromatic rings. The Morgan fingerprint density at radius 2 is 1.77 bits per heavy atom. The molecule has 0 saturated carbocycles. The Labute approximate surface area is 198 Å². The predicted octanol–water partition coefficient (Wildman–Crippen LogP) is 3.44. The highest BCUT2D eigenvalue weighted by molar-refractivity contribution is 5.88. The van der Waals surface area contributed by atoms with Crippen LogP contribution in [0.2, 0.25) is 0 Å². The molecule has 1 saturated heterocycles. The second kappa shape index (κ2) is 9.29. The van der Waals surface area contributed by atoms with Gasteiger partial charge in [0.05, 0.1) is 18.8 Å². The molecule has 4 aromatic heterocycles. The number of imidazole rings is 1. The number of rotatable bonds is 7. The SMILES string of the molecule is Cc1nc2ccc(-c3ccn4nc(NC5CCN(CC(F)F)CC5)nc(N)c34)nc2n1CC(F)F. The van der Waals surface area contributed by atoms with Gasteiger partial charge in [-0.25, -0.2) is 32.0 Å². The third-order valence-electron chi connectivity index (χ3n) is 6.23. The first kappa shape index (κ1) is 23.3. The fourth-order valence-corrected chi connectivity index (χ4v) is 4.58. The van der Waals surface area contributed by atoms with Crippen molar-refractivity contribution in [1.82, 2.24) is 34.0 Å². The Hall–Kier alpha value is -3.48. The first-order valence-electron chi connectivity index (χ1n) is 11.3. The van der Waals surface area contributed by atoms with E-state index in [1.165, 1.54) is 4.57 Å². The van der Waals surface area contributed by atoms with Gasteiger partial charge >= 0.3 is 0 Å². The number of pyridine rings is 1. The molecule has 5 heterocycles. The molecule has 0 radical (unpaired) electrons. The summed E-state index contributed by atoms with van der Waals surface area (Å²) in [5, 5.41) is 7.76. The number of anilines is 2. The Bertz CT molecular complexity index is 1340. The highest BCUT2D eigenvalue weighted by Crippen LogP contribution is 2.30. The van der Waals surface area contributed by atoms with Crippen molar-refractivity contribution in [2.45, 2.75) is 45.2 Å². The smallest absolute Gasteiger partial charge is 0.256 e. The largest absolute Gasteiger partial charge is 0.382 e. The van der Waals surface area contributed by atoms with Crippen molar-refractivity contribution in [2.24, 2.45) is 0 Å². The summed E-state index contributed by atoms with van der Waals surface area (Å²) in [5.74, 6) is 1.04. The quantitative estimate of drug-likeness (QED) is 0.382. The predicted molar refractivity (Wildman–Crippen MR) is 124 cm³/mol. The summed E-state index contributed by atoms with van der Waals surface area (Å²) < 4.78 is 54.3. The molecule has 3 N–H and O–H groups in total. The van der Waals surface area contributed by atoms with Gasteiger partial charge in [0.2, 0.25) is 5.95 Å². The van der Waals surface area contributed by atoms with Crippen LogP contribution in [-0.2, 0) is 6.54 Å². The Morgan fingerprint density at radius 3 is 2.49 bits per heavy atom. The number of fused-ring (bicyclic) bond motifs is 2. The number of nitrogen functional groups attached to an aromatic ring is 1. The minimum atomic E-state index is -2.53. The van der Waals surface area contributed by atoms with E-state index in [1.54, 1.807) is 40.7 Å². The van der Waals surface area contributed by atoms with Crippen LogP contribution in [0.5, 0.6) is 0 Å². The molecule has 0 aromatic carbocycles. The molecule has 9 nitrogen and oxygen atoms in total. The van der Waals surface area contributed by atoms with Crippen LogP contribution in [0.4, 0.5) is 29.3 Å². The molecule has 0 aliphatic carbocycles. The molecule has 1 aliphatic heterocycles. The van der Waals surface area contributed by atoms with E-state index in [-0.39, 0.29) is 18.4 Å². The molecular formula is C22H25F4N9. The monoisotopic (exact) mass is 491 g/mol. The zero-order chi connectivity index (χ0) is 24.7. The normalized spacial score (nSPS) is 15.7. The summed E-state index contributed by atoms with van der Waals surface area (Å²) in [4.78, 5) is 15.1. The zero-order valence-corrected chi connectivity index (χ0v) is 19.0. The average molecular weight is 491 g/mol. The fourth-order valence-electron chi connectivity index (χ4n) is 4.58. The summed E-state index contributed by atoms with van der Waals surface area (Å²) in [7, 11) is 0. The number of piperidine rings is 1. The minimum Gasteiger partial charge on any atom is -0.382 e. The van der Waals surface area contributed by atoms with Crippen molar-refractivity contribution < 1.29 is 17.6 Å². The summed E-state index contributed by atoms with van der Waals surface area (Å²) in [5.41, 5.74) is 8.94. The molecule has 0 amide bonds. The van der Waals surface area contributed by atoms with Gasteiger partial charge in [0.25, 0.3) is 12.9 Å². The van der Waals surface area contributed by atoms with Gasteiger partial charge in [0.15, 0.2) is 11.5 Å². The molecule has 35 heavy (non-hydrogen) atoms. The van der Waals surface area contributed by atoms with E-state index in [4.69, 9.17) is 5.73 Å². The average Bonchev–Trinajstić information content (AvgIpc) is 3.35. The number of nitrogens with one attached hydrogen (secondary N) is 1. The number of likely N-dealkylation sites (tertiary alicyclic amines) is 1. The first-order chi connectivity index (χ1) is 16.8. The van der Waals surface area contributed by atoms with E-state index in [1.807, 2.05) is 0 Å². The van der Waals surface area contributed by atoms with E-state index >= 15 is 0 Å². The minimum absolute atomic E-state index is 0.0539. The van der Waals surface area contributed by atoms with Crippen LogP contribution in [0, 0.1) is 6.92 Å². The van der Waals surface area contributed by atoms with Crippen LogP contribution < -0.4 is 11.1 Å². The first-order valence-corrected chi connectivity index (χ1v) is 11.3. The Balaban J connectivity index is 1.40.